The average molecular weight is 336 g/mol. The number of para-hydroxylation sites is 2. The van der Waals surface area contributed by atoms with Gasteiger partial charge in [-0.3, -0.25) is 0 Å². The molecule has 1 atom stereocenters. The van der Waals surface area contributed by atoms with Crippen molar-refractivity contribution < 1.29 is 9.84 Å². The molecule has 0 aliphatic carbocycles. The van der Waals surface area contributed by atoms with Crippen LogP contribution in [0.5, 0.6) is 5.75 Å². The Bertz CT molecular complexity index is 586. The highest BCUT2D eigenvalue weighted by Crippen LogP contribution is 2.29. The van der Waals surface area contributed by atoms with Crippen LogP contribution in [-0.4, -0.2) is 18.8 Å². The summed E-state index contributed by atoms with van der Waals surface area (Å²) in [5.41, 5.74) is 3.06. The van der Waals surface area contributed by atoms with E-state index in [0.717, 1.165) is 21.5 Å². The van der Waals surface area contributed by atoms with Gasteiger partial charge in [0.15, 0.2) is 0 Å². The van der Waals surface area contributed by atoms with Gasteiger partial charge < -0.3 is 15.2 Å². The largest absolute Gasteiger partial charge is 0.495 e. The van der Waals surface area contributed by atoms with Gasteiger partial charge in [-0.05, 0) is 36.2 Å². The molecule has 2 aromatic carbocycles. The van der Waals surface area contributed by atoms with Crippen molar-refractivity contribution in [1.29, 1.82) is 0 Å². The zero-order valence-corrected chi connectivity index (χ0v) is 13.1. The van der Waals surface area contributed by atoms with Gasteiger partial charge in [0.1, 0.15) is 5.75 Å². The second kappa shape index (κ2) is 6.77. The maximum absolute atomic E-state index is 9.65. The number of anilines is 1. The lowest BCUT2D eigenvalue weighted by Gasteiger charge is -2.20. The highest BCUT2D eigenvalue weighted by atomic mass is 79.9. The fourth-order valence-electron chi connectivity index (χ4n) is 2.01. The lowest BCUT2D eigenvalue weighted by atomic mass is 10.1. The Kier molecular flexibility index (Phi) is 5.04. The zero-order chi connectivity index (χ0) is 14.5. The maximum Gasteiger partial charge on any atom is 0.141 e. The molecule has 2 rings (SSSR count). The number of rotatable bonds is 5. The van der Waals surface area contributed by atoms with Crippen molar-refractivity contribution in [3.63, 3.8) is 0 Å². The van der Waals surface area contributed by atoms with E-state index in [4.69, 9.17) is 4.74 Å². The number of methoxy groups -OCH3 is 1. The normalized spacial score (nSPS) is 12.0. The van der Waals surface area contributed by atoms with Gasteiger partial charge in [0.2, 0.25) is 0 Å². The van der Waals surface area contributed by atoms with Crippen LogP contribution in [-0.2, 0) is 0 Å². The second-order valence-electron chi connectivity index (χ2n) is 4.59. The summed E-state index contributed by atoms with van der Waals surface area (Å²) in [7, 11) is 1.64. The quantitative estimate of drug-likeness (QED) is 0.870. The smallest absolute Gasteiger partial charge is 0.141 e. The predicted octanol–water partition coefficient (Wildman–Crippen LogP) is 3.91. The van der Waals surface area contributed by atoms with E-state index < -0.39 is 0 Å². The summed E-state index contributed by atoms with van der Waals surface area (Å²) in [6.45, 7) is 2.04. The van der Waals surface area contributed by atoms with Crippen molar-refractivity contribution in [3.8, 4) is 5.75 Å². The van der Waals surface area contributed by atoms with Gasteiger partial charge in [-0.15, -0.1) is 0 Å². The molecule has 0 amide bonds. The van der Waals surface area contributed by atoms with Crippen LogP contribution in [0.4, 0.5) is 5.69 Å². The van der Waals surface area contributed by atoms with Gasteiger partial charge in [-0.25, -0.2) is 0 Å². The summed E-state index contributed by atoms with van der Waals surface area (Å²) in [5, 5.41) is 13.0. The molecule has 106 valence electrons. The summed E-state index contributed by atoms with van der Waals surface area (Å²) in [6, 6.07) is 13.6. The number of aliphatic hydroxyl groups is 1. The van der Waals surface area contributed by atoms with Crippen molar-refractivity contribution in [2.24, 2.45) is 0 Å². The van der Waals surface area contributed by atoms with Crippen LogP contribution < -0.4 is 10.1 Å². The summed E-state index contributed by atoms with van der Waals surface area (Å²) in [4.78, 5) is 0. The van der Waals surface area contributed by atoms with Crippen molar-refractivity contribution >= 4 is 21.6 Å². The van der Waals surface area contributed by atoms with Gasteiger partial charge >= 0.3 is 0 Å². The second-order valence-corrected chi connectivity index (χ2v) is 5.44. The minimum absolute atomic E-state index is 0.00749. The molecule has 0 heterocycles. The van der Waals surface area contributed by atoms with E-state index in [2.05, 4.69) is 21.2 Å². The lowest BCUT2D eigenvalue weighted by molar-refractivity contribution is 0.276. The van der Waals surface area contributed by atoms with Crippen LogP contribution in [0.2, 0.25) is 0 Å². The lowest BCUT2D eigenvalue weighted by Crippen LogP contribution is -2.15. The van der Waals surface area contributed by atoms with E-state index in [1.54, 1.807) is 7.11 Å². The van der Waals surface area contributed by atoms with Crippen LogP contribution in [0, 0.1) is 6.92 Å². The summed E-state index contributed by atoms with van der Waals surface area (Å²) in [6.07, 6.45) is 0. The third kappa shape index (κ3) is 3.32. The Balaban J connectivity index is 2.26. The molecule has 20 heavy (non-hydrogen) atoms. The fourth-order valence-corrected chi connectivity index (χ4v) is 2.41. The number of aryl methyl sites for hydroxylation is 1. The first-order valence-corrected chi connectivity index (χ1v) is 7.21. The molecule has 0 aliphatic rings. The molecule has 0 saturated heterocycles. The Labute approximate surface area is 127 Å². The van der Waals surface area contributed by atoms with Gasteiger partial charge in [0.25, 0.3) is 0 Å². The Hall–Kier alpha value is -1.52. The van der Waals surface area contributed by atoms with E-state index in [-0.39, 0.29) is 12.6 Å². The van der Waals surface area contributed by atoms with Crippen molar-refractivity contribution in [1.82, 2.24) is 0 Å². The predicted molar refractivity (Wildman–Crippen MR) is 85.3 cm³/mol. The van der Waals surface area contributed by atoms with E-state index >= 15 is 0 Å². The minimum atomic E-state index is -0.178. The summed E-state index contributed by atoms with van der Waals surface area (Å²) in [5.74, 6) is 0.761. The van der Waals surface area contributed by atoms with Gasteiger partial charge in [-0.2, -0.15) is 0 Å². The number of nitrogens with one attached hydrogen (secondary N) is 1. The zero-order valence-electron chi connectivity index (χ0n) is 11.6. The minimum Gasteiger partial charge on any atom is -0.495 e. The summed E-state index contributed by atoms with van der Waals surface area (Å²) >= 11 is 3.52. The molecule has 0 fully saturated rings. The number of halogens is 1. The van der Waals surface area contributed by atoms with Crippen LogP contribution in [0.15, 0.2) is 46.9 Å². The summed E-state index contributed by atoms with van der Waals surface area (Å²) < 4.78 is 6.35. The molecule has 4 heteroatoms. The highest BCUT2D eigenvalue weighted by Gasteiger charge is 2.13. The number of benzene rings is 2. The van der Waals surface area contributed by atoms with Crippen LogP contribution in [0.25, 0.3) is 0 Å². The van der Waals surface area contributed by atoms with Crippen molar-refractivity contribution in [3.05, 3.63) is 58.1 Å². The van der Waals surface area contributed by atoms with Crippen LogP contribution in [0.3, 0.4) is 0 Å². The average Bonchev–Trinajstić information content (AvgIpc) is 2.48. The third-order valence-electron chi connectivity index (χ3n) is 3.22. The molecule has 2 aromatic rings. The van der Waals surface area contributed by atoms with Gasteiger partial charge in [0.05, 0.1) is 25.4 Å². The molecule has 0 aliphatic heterocycles. The van der Waals surface area contributed by atoms with Crippen molar-refractivity contribution in [2.75, 3.05) is 19.0 Å². The molecular weight excluding hydrogens is 318 g/mol. The molecular formula is C16H18BrNO2. The van der Waals surface area contributed by atoms with E-state index in [9.17, 15) is 5.11 Å². The SMILES string of the molecule is COc1ccccc1NC(CO)c1ccc(C)c(Br)c1. The van der Waals surface area contributed by atoms with E-state index in [1.165, 1.54) is 5.56 Å². The third-order valence-corrected chi connectivity index (χ3v) is 4.07. The molecule has 2 N–H and O–H groups in total. The van der Waals surface area contributed by atoms with Crippen molar-refractivity contribution in [2.45, 2.75) is 13.0 Å². The van der Waals surface area contributed by atoms with Crippen LogP contribution >= 0.6 is 15.9 Å². The Morgan fingerprint density at radius 3 is 2.65 bits per heavy atom. The first kappa shape index (κ1) is 14.9. The number of hydrogen-bond acceptors (Lipinski definition) is 3. The standard InChI is InChI=1S/C16H18BrNO2/c1-11-7-8-12(9-13(11)17)15(10-19)18-14-5-3-4-6-16(14)20-2/h3-9,15,18-19H,10H2,1-2H3. The topological polar surface area (TPSA) is 41.5 Å². The Morgan fingerprint density at radius 1 is 1.25 bits per heavy atom. The number of hydrogen-bond donors (Lipinski definition) is 2. The van der Waals surface area contributed by atoms with Gasteiger partial charge in [0, 0.05) is 4.47 Å². The van der Waals surface area contributed by atoms with E-state index in [1.807, 2.05) is 49.4 Å². The Morgan fingerprint density at radius 2 is 2.00 bits per heavy atom. The fraction of sp³-hybridized carbons (Fsp3) is 0.250. The van der Waals surface area contributed by atoms with Crippen LogP contribution in [0.1, 0.15) is 17.2 Å². The number of aliphatic hydroxyl groups excluding tert-OH is 1. The van der Waals surface area contributed by atoms with Gasteiger partial charge in [-0.1, -0.05) is 40.2 Å². The first-order valence-electron chi connectivity index (χ1n) is 6.42. The number of ether oxygens (including phenoxy) is 1. The molecule has 0 aromatic heterocycles. The van der Waals surface area contributed by atoms with E-state index in [0.29, 0.717) is 0 Å². The molecule has 0 saturated carbocycles. The molecule has 0 spiro atoms. The first-order chi connectivity index (χ1) is 9.65. The maximum atomic E-state index is 9.65. The molecule has 0 bridgehead atoms. The molecule has 3 nitrogen and oxygen atoms in total. The molecule has 0 radical (unpaired) electrons. The monoisotopic (exact) mass is 335 g/mol. The molecule has 1 unspecified atom stereocenters. The highest BCUT2D eigenvalue weighted by molar-refractivity contribution is 9.10.